The van der Waals surface area contributed by atoms with Gasteiger partial charge in [0.1, 0.15) is 30.5 Å². The van der Waals surface area contributed by atoms with E-state index in [0.717, 1.165) is 22.6 Å². The standard InChI is InChI=1S/C32H26Br2N4O6/c1-20-3-4-21(2)37(20)24-9-11-26(12-10-24)42-19-27-13-14-30(44-27)32(39)36-35-17-23-15-28(33)31(29(34)16-23)43-18-22-5-7-25(8-6-22)38(40)41/h3-17H,18-19H2,1-2H3,(H,36,39)/b35-17+. The number of aryl methyl sites for hydroxylation is 2. The number of hydrogen-bond acceptors (Lipinski definition) is 7. The molecule has 2 heterocycles. The Morgan fingerprint density at radius 2 is 1.59 bits per heavy atom. The van der Waals surface area contributed by atoms with Crippen LogP contribution in [0.15, 0.2) is 103 Å². The van der Waals surface area contributed by atoms with Crippen LogP contribution in [0, 0.1) is 24.0 Å². The zero-order valence-corrected chi connectivity index (χ0v) is 26.8. The van der Waals surface area contributed by atoms with Crippen molar-refractivity contribution in [3.63, 3.8) is 0 Å². The van der Waals surface area contributed by atoms with Crippen molar-refractivity contribution in [1.82, 2.24) is 9.99 Å². The third-order valence-electron chi connectivity index (χ3n) is 6.56. The summed E-state index contributed by atoms with van der Waals surface area (Å²) in [5.74, 6) is 1.33. The number of nitrogens with one attached hydrogen (secondary N) is 1. The lowest BCUT2D eigenvalue weighted by Gasteiger charge is -2.11. The average Bonchev–Trinajstić information content (AvgIpc) is 3.62. The van der Waals surface area contributed by atoms with E-state index < -0.39 is 10.8 Å². The van der Waals surface area contributed by atoms with Gasteiger partial charge in [-0.15, -0.1) is 0 Å². The fraction of sp³-hybridized carbons (Fsp3) is 0.125. The largest absolute Gasteiger partial charge is 0.487 e. The fourth-order valence-corrected chi connectivity index (χ4v) is 5.83. The number of benzene rings is 3. The minimum atomic E-state index is -0.504. The van der Waals surface area contributed by atoms with E-state index in [4.69, 9.17) is 13.9 Å². The first-order chi connectivity index (χ1) is 21.2. The normalized spacial score (nSPS) is 11.1. The molecule has 0 aliphatic heterocycles. The predicted molar refractivity (Wildman–Crippen MR) is 173 cm³/mol. The van der Waals surface area contributed by atoms with E-state index in [0.29, 0.717) is 31.8 Å². The van der Waals surface area contributed by atoms with E-state index in [1.807, 2.05) is 24.3 Å². The first kappa shape index (κ1) is 30.8. The highest BCUT2D eigenvalue weighted by atomic mass is 79.9. The van der Waals surface area contributed by atoms with Crippen LogP contribution in [0.25, 0.3) is 5.69 Å². The minimum absolute atomic E-state index is 0.0179. The van der Waals surface area contributed by atoms with Gasteiger partial charge in [-0.05, 0) is 130 Å². The molecular weight excluding hydrogens is 696 g/mol. The molecular formula is C32H26Br2N4O6. The fourth-order valence-electron chi connectivity index (χ4n) is 4.38. The molecule has 44 heavy (non-hydrogen) atoms. The van der Waals surface area contributed by atoms with E-state index in [2.05, 4.69) is 72.9 Å². The second kappa shape index (κ2) is 13.7. The van der Waals surface area contributed by atoms with Gasteiger partial charge < -0.3 is 18.5 Å². The molecule has 0 radical (unpaired) electrons. The molecule has 0 unspecified atom stereocenters. The maximum atomic E-state index is 12.6. The van der Waals surface area contributed by atoms with Crippen molar-refractivity contribution in [2.45, 2.75) is 27.1 Å². The van der Waals surface area contributed by atoms with Crippen LogP contribution in [0.2, 0.25) is 0 Å². The minimum Gasteiger partial charge on any atom is -0.487 e. The summed E-state index contributed by atoms with van der Waals surface area (Å²) in [6, 6.07) is 24.9. The summed E-state index contributed by atoms with van der Waals surface area (Å²) in [6.45, 7) is 4.51. The maximum Gasteiger partial charge on any atom is 0.307 e. The number of nitro benzene ring substituents is 1. The van der Waals surface area contributed by atoms with Gasteiger partial charge in [0, 0.05) is 29.2 Å². The summed E-state index contributed by atoms with van der Waals surface area (Å²) in [6.07, 6.45) is 1.49. The topological polar surface area (TPSA) is 121 Å². The number of non-ortho nitro benzene ring substituents is 1. The van der Waals surface area contributed by atoms with Crippen LogP contribution < -0.4 is 14.9 Å². The number of furan rings is 1. The molecule has 0 aliphatic rings. The molecule has 1 N–H and O–H groups in total. The highest BCUT2D eigenvalue weighted by Crippen LogP contribution is 2.35. The third kappa shape index (κ3) is 7.44. The molecule has 2 aromatic heterocycles. The second-order valence-electron chi connectivity index (χ2n) is 9.73. The van der Waals surface area contributed by atoms with E-state index in [-0.39, 0.29) is 24.7 Å². The van der Waals surface area contributed by atoms with Gasteiger partial charge in [0.15, 0.2) is 5.76 Å². The number of halogens is 2. The molecule has 1 amide bonds. The molecule has 3 aromatic carbocycles. The number of ether oxygens (including phenoxy) is 2. The molecule has 0 saturated carbocycles. The van der Waals surface area contributed by atoms with Crippen molar-refractivity contribution in [3.8, 4) is 17.2 Å². The summed E-state index contributed by atoms with van der Waals surface area (Å²) in [5.41, 5.74) is 7.31. The van der Waals surface area contributed by atoms with E-state index in [1.165, 1.54) is 18.3 Å². The van der Waals surface area contributed by atoms with Gasteiger partial charge in [0.05, 0.1) is 20.1 Å². The van der Waals surface area contributed by atoms with Gasteiger partial charge in [-0.2, -0.15) is 5.10 Å². The summed E-state index contributed by atoms with van der Waals surface area (Å²) < 4.78 is 20.8. The summed E-state index contributed by atoms with van der Waals surface area (Å²) in [4.78, 5) is 22.9. The Labute approximate surface area is 269 Å². The predicted octanol–water partition coefficient (Wildman–Crippen LogP) is 8.04. The second-order valence-corrected chi connectivity index (χ2v) is 11.4. The number of amides is 1. The lowest BCUT2D eigenvalue weighted by molar-refractivity contribution is -0.384. The number of nitrogens with zero attached hydrogens (tertiary/aromatic N) is 3. The van der Waals surface area contributed by atoms with E-state index >= 15 is 0 Å². The smallest absolute Gasteiger partial charge is 0.307 e. The first-order valence-corrected chi connectivity index (χ1v) is 14.9. The molecule has 0 aliphatic carbocycles. The Kier molecular flexibility index (Phi) is 9.61. The molecule has 0 saturated heterocycles. The molecule has 0 atom stereocenters. The van der Waals surface area contributed by atoms with Gasteiger partial charge in [-0.3, -0.25) is 14.9 Å². The number of hydrogen-bond donors (Lipinski definition) is 1. The number of carbonyl (C=O) groups is 1. The summed E-state index contributed by atoms with van der Waals surface area (Å²) >= 11 is 6.98. The van der Waals surface area contributed by atoms with Crippen LogP contribution in [0.5, 0.6) is 11.5 Å². The van der Waals surface area contributed by atoms with Crippen molar-refractivity contribution >= 4 is 49.7 Å². The van der Waals surface area contributed by atoms with E-state index in [9.17, 15) is 14.9 Å². The Bertz CT molecular complexity index is 1790. The third-order valence-corrected chi connectivity index (χ3v) is 7.74. The van der Waals surface area contributed by atoms with Crippen LogP contribution in [0.3, 0.4) is 0 Å². The molecule has 12 heteroatoms. The number of rotatable bonds is 11. The van der Waals surface area contributed by atoms with Gasteiger partial charge in [-0.25, -0.2) is 5.43 Å². The zero-order chi connectivity index (χ0) is 31.2. The molecule has 0 spiro atoms. The maximum absolute atomic E-state index is 12.6. The van der Waals surface area contributed by atoms with Gasteiger partial charge in [0.25, 0.3) is 5.69 Å². The Hall–Kier alpha value is -4.68. The monoisotopic (exact) mass is 720 g/mol. The van der Waals surface area contributed by atoms with Crippen molar-refractivity contribution in [1.29, 1.82) is 0 Å². The number of hydrazone groups is 1. The SMILES string of the molecule is Cc1ccc(C)n1-c1ccc(OCc2ccc(C(=O)N/N=C/c3cc(Br)c(OCc4ccc([N+](=O)[O-])cc4)c(Br)c3)o2)cc1. The van der Waals surface area contributed by atoms with Crippen molar-refractivity contribution in [2.75, 3.05) is 0 Å². The lowest BCUT2D eigenvalue weighted by atomic mass is 10.2. The number of carbonyl (C=O) groups excluding carboxylic acids is 1. The summed E-state index contributed by atoms with van der Waals surface area (Å²) in [7, 11) is 0. The van der Waals surface area contributed by atoms with Crippen LogP contribution in [-0.2, 0) is 13.2 Å². The first-order valence-electron chi connectivity index (χ1n) is 13.3. The Balaban J connectivity index is 1.12. The van der Waals surface area contributed by atoms with Gasteiger partial charge >= 0.3 is 5.91 Å². The van der Waals surface area contributed by atoms with Crippen LogP contribution >= 0.6 is 31.9 Å². The number of nitro groups is 1. The molecule has 5 rings (SSSR count). The molecule has 0 fully saturated rings. The van der Waals surface area contributed by atoms with Crippen molar-refractivity contribution < 1.29 is 23.6 Å². The zero-order valence-electron chi connectivity index (χ0n) is 23.6. The molecule has 0 bridgehead atoms. The van der Waals surface area contributed by atoms with Gasteiger partial charge in [0.2, 0.25) is 0 Å². The molecule has 10 nitrogen and oxygen atoms in total. The van der Waals surface area contributed by atoms with Crippen molar-refractivity contribution in [3.05, 3.63) is 138 Å². The highest BCUT2D eigenvalue weighted by Gasteiger charge is 2.13. The molecule has 5 aromatic rings. The molecule has 224 valence electrons. The highest BCUT2D eigenvalue weighted by molar-refractivity contribution is 9.11. The summed E-state index contributed by atoms with van der Waals surface area (Å²) in [5, 5.41) is 14.9. The van der Waals surface area contributed by atoms with E-state index in [1.54, 1.807) is 36.4 Å². The van der Waals surface area contributed by atoms with Crippen molar-refractivity contribution in [2.24, 2.45) is 5.10 Å². The Morgan fingerprint density at radius 1 is 0.932 bits per heavy atom. The Morgan fingerprint density at radius 3 is 2.23 bits per heavy atom. The number of aromatic nitrogens is 1. The van der Waals surface area contributed by atoms with Crippen LogP contribution in [0.4, 0.5) is 5.69 Å². The van der Waals surface area contributed by atoms with Gasteiger partial charge in [-0.1, -0.05) is 0 Å². The van der Waals surface area contributed by atoms with Crippen LogP contribution in [0.1, 0.15) is 38.8 Å². The average molecular weight is 722 g/mol. The lowest BCUT2D eigenvalue weighted by Crippen LogP contribution is -2.16. The van der Waals surface area contributed by atoms with Crippen LogP contribution in [-0.4, -0.2) is 21.6 Å². The quantitative estimate of drug-likeness (QED) is 0.0837.